The van der Waals surface area contributed by atoms with E-state index in [-0.39, 0.29) is 31.1 Å². The lowest BCUT2D eigenvalue weighted by molar-refractivity contribution is -0.385. The van der Waals surface area contributed by atoms with Crippen molar-refractivity contribution in [3.63, 3.8) is 0 Å². The van der Waals surface area contributed by atoms with Crippen LogP contribution >= 0.6 is 12.6 Å². The average molecular weight is 343 g/mol. The lowest BCUT2D eigenvalue weighted by Crippen LogP contribution is -2.09. The van der Waals surface area contributed by atoms with Gasteiger partial charge in [0.25, 0.3) is 5.69 Å². The Morgan fingerprint density at radius 2 is 1.83 bits per heavy atom. The Morgan fingerprint density at radius 3 is 2.35 bits per heavy atom. The van der Waals surface area contributed by atoms with Crippen LogP contribution < -0.4 is 9.47 Å². The van der Waals surface area contributed by atoms with Crippen molar-refractivity contribution in [2.24, 2.45) is 0 Å². The van der Waals surface area contributed by atoms with E-state index in [2.05, 4.69) is 12.6 Å². The lowest BCUT2D eigenvalue weighted by Gasteiger charge is -2.13. The van der Waals surface area contributed by atoms with Crippen molar-refractivity contribution in [2.75, 3.05) is 25.6 Å². The molecular formula is C15H21NO6S. The minimum atomic E-state index is -0.483. The fraction of sp³-hybridized carbons (Fsp3) is 0.533. The Balaban J connectivity index is 2.96. The molecule has 0 spiro atoms. The quantitative estimate of drug-likeness (QED) is 0.304. The number of nitro groups is 1. The van der Waals surface area contributed by atoms with Crippen LogP contribution in [0.25, 0.3) is 0 Å². The molecule has 0 atom stereocenters. The molecule has 0 heterocycles. The van der Waals surface area contributed by atoms with Gasteiger partial charge in [-0.05, 0) is 19.9 Å². The summed E-state index contributed by atoms with van der Waals surface area (Å²) < 4.78 is 15.9. The van der Waals surface area contributed by atoms with Crippen LogP contribution in [-0.2, 0) is 16.0 Å². The number of esters is 1. The van der Waals surface area contributed by atoms with Crippen LogP contribution in [0.4, 0.5) is 5.69 Å². The first kappa shape index (κ1) is 19.1. The van der Waals surface area contributed by atoms with E-state index in [1.165, 1.54) is 6.07 Å². The molecule has 1 aromatic carbocycles. The highest BCUT2D eigenvalue weighted by molar-refractivity contribution is 7.80. The molecule has 0 aromatic heterocycles. The monoisotopic (exact) mass is 343 g/mol. The number of benzene rings is 1. The van der Waals surface area contributed by atoms with Crippen LogP contribution in [0.15, 0.2) is 12.1 Å². The molecule has 0 fully saturated rings. The number of carbonyl (C=O) groups is 1. The molecule has 0 saturated heterocycles. The summed E-state index contributed by atoms with van der Waals surface area (Å²) in [5, 5.41) is 11.2. The maximum Gasteiger partial charge on any atom is 0.306 e. The van der Waals surface area contributed by atoms with Gasteiger partial charge in [0.15, 0.2) is 11.5 Å². The van der Waals surface area contributed by atoms with E-state index in [9.17, 15) is 14.9 Å². The van der Waals surface area contributed by atoms with Gasteiger partial charge >= 0.3 is 5.97 Å². The van der Waals surface area contributed by atoms with E-state index >= 15 is 0 Å². The SMILES string of the molecule is CCOc1cc(CCOC(=O)CCS)c([N+](=O)[O-])cc1OCC. The smallest absolute Gasteiger partial charge is 0.306 e. The van der Waals surface area contributed by atoms with Crippen molar-refractivity contribution < 1.29 is 23.9 Å². The number of nitro benzene ring substituents is 1. The number of rotatable bonds is 10. The molecule has 23 heavy (non-hydrogen) atoms. The second-order valence-electron chi connectivity index (χ2n) is 4.49. The molecule has 0 N–H and O–H groups in total. The van der Waals surface area contributed by atoms with Gasteiger partial charge in [-0.15, -0.1) is 0 Å². The van der Waals surface area contributed by atoms with Crippen LogP contribution in [-0.4, -0.2) is 36.5 Å². The van der Waals surface area contributed by atoms with Gasteiger partial charge in [-0.3, -0.25) is 14.9 Å². The number of carbonyl (C=O) groups excluding carboxylic acids is 1. The molecule has 0 amide bonds. The maximum atomic E-state index is 11.3. The Morgan fingerprint density at radius 1 is 1.22 bits per heavy atom. The van der Waals surface area contributed by atoms with Crippen molar-refractivity contribution in [3.8, 4) is 11.5 Å². The van der Waals surface area contributed by atoms with Gasteiger partial charge in [-0.1, -0.05) is 0 Å². The summed E-state index contributed by atoms with van der Waals surface area (Å²) >= 11 is 3.94. The normalized spacial score (nSPS) is 10.2. The van der Waals surface area contributed by atoms with Gasteiger partial charge in [-0.25, -0.2) is 0 Å². The average Bonchev–Trinajstić information content (AvgIpc) is 2.50. The summed E-state index contributed by atoms with van der Waals surface area (Å²) in [5.41, 5.74) is 0.350. The van der Waals surface area contributed by atoms with E-state index in [0.29, 0.717) is 36.0 Å². The maximum absolute atomic E-state index is 11.3. The Kier molecular flexibility index (Phi) is 8.25. The molecule has 7 nitrogen and oxygen atoms in total. The number of hydrogen-bond donors (Lipinski definition) is 1. The summed E-state index contributed by atoms with van der Waals surface area (Å²) in [4.78, 5) is 22.1. The van der Waals surface area contributed by atoms with Crippen LogP contribution in [0.5, 0.6) is 11.5 Å². The van der Waals surface area contributed by atoms with Crippen LogP contribution in [0.1, 0.15) is 25.8 Å². The summed E-state index contributed by atoms with van der Waals surface area (Å²) in [6.45, 7) is 4.45. The van der Waals surface area contributed by atoms with Crippen LogP contribution in [0, 0.1) is 10.1 Å². The highest BCUT2D eigenvalue weighted by Gasteiger charge is 2.20. The van der Waals surface area contributed by atoms with Gasteiger partial charge in [-0.2, -0.15) is 12.6 Å². The van der Waals surface area contributed by atoms with Gasteiger partial charge in [0.1, 0.15) is 0 Å². The third-order valence-electron chi connectivity index (χ3n) is 2.89. The molecule has 0 aliphatic rings. The third-order valence-corrected chi connectivity index (χ3v) is 3.12. The minimum Gasteiger partial charge on any atom is -0.490 e. The van der Waals surface area contributed by atoms with Crippen LogP contribution in [0.3, 0.4) is 0 Å². The van der Waals surface area contributed by atoms with E-state index in [0.717, 1.165) is 0 Å². The van der Waals surface area contributed by atoms with Crippen molar-refractivity contribution in [2.45, 2.75) is 26.7 Å². The van der Waals surface area contributed by atoms with Crippen molar-refractivity contribution >= 4 is 24.3 Å². The predicted octanol–water partition coefficient (Wildman–Crippen LogP) is 2.80. The first-order valence-corrected chi connectivity index (χ1v) is 8.00. The zero-order valence-corrected chi connectivity index (χ0v) is 14.1. The molecule has 0 saturated carbocycles. The molecule has 8 heteroatoms. The first-order valence-electron chi connectivity index (χ1n) is 7.36. The second-order valence-corrected chi connectivity index (χ2v) is 4.94. The molecule has 1 rings (SSSR count). The summed E-state index contributed by atoms with van der Waals surface area (Å²) in [6.07, 6.45) is 0.430. The largest absolute Gasteiger partial charge is 0.490 e. The zero-order chi connectivity index (χ0) is 17.2. The number of ether oxygens (including phenoxy) is 3. The van der Waals surface area contributed by atoms with Crippen molar-refractivity contribution in [1.29, 1.82) is 0 Å². The summed E-state index contributed by atoms with van der Waals surface area (Å²) in [5.74, 6) is 0.795. The molecule has 0 unspecified atom stereocenters. The summed E-state index contributed by atoms with van der Waals surface area (Å²) in [7, 11) is 0. The van der Waals surface area contributed by atoms with Gasteiger partial charge in [0.2, 0.25) is 0 Å². The van der Waals surface area contributed by atoms with E-state index in [1.54, 1.807) is 13.0 Å². The fourth-order valence-corrected chi connectivity index (χ4v) is 2.12. The standard InChI is InChI=1S/C15H21NO6S/c1-3-20-13-9-11(5-7-22-15(17)6-8-23)12(16(18)19)10-14(13)21-4-2/h9-10,23H,3-8H2,1-2H3. The van der Waals surface area contributed by atoms with Crippen molar-refractivity contribution in [1.82, 2.24) is 0 Å². The first-order chi connectivity index (χ1) is 11.0. The van der Waals surface area contributed by atoms with Gasteiger partial charge in [0.05, 0.1) is 37.2 Å². The molecule has 0 aliphatic carbocycles. The topological polar surface area (TPSA) is 87.9 Å². The highest BCUT2D eigenvalue weighted by atomic mass is 32.1. The van der Waals surface area contributed by atoms with Gasteiger partial charge < -0.3 is 14.2 Å². The zero-order valence-electron chi connectivity index (χ0n) is 13.2. The number of thiol groups is 1. The van der Waals surface area contributed by atoms with E-state index in [4.69, 9.17) is 14.2 Å². The Hall–Kier alpha value is -1.96. The molecule has 0 bridgehead atoms. The number of nitrogens with zero attached hydrogens (tertiary/aromatic N) is 1. The number of hydrogen-bond acceptors (Lipinski definition) is 7. The molecule has 0 aliphatic heterocycles. The molecular weight excluding hydrogens is 322 g/mol. The van der Waals surface area contributed by atoms with E-state index < -0.39 is 4.92 Å². The minimum absolute atomic E-state index is 0.0625. The molecule has 0 radical (unpaired) electrons. The summed E-state index contributed by atoms with van der Waals surface area (Å²) in [6, 6.07) is 2.92. The lowest BCUT2D eigenvalue weighted by atomic mass is 10.1. The Bertz CT molecular complexity index is 549. The molecule has 128 valence electrons. The second kappa shape index (κ2) is 9.94. The third kappa shape index (κ3) is 5.97. The highest BCUT2D eigenvalue weighted by Crippen LogP contribution is 2.35. The van der Waals surface area contributed by atoms with Crippen molar-refractivity contribution in [3.05, 3.63) is 27.8 Å². The van der Waals surface area contributed by atoms with Gasteiger partial charge in [0, 0.05) is 17.7 Å². The van der Waals surface area contributed by atoms with E-state index in [1.807, 2.05) is 6.92 Å². The molecule has 1 aromatic rings. The van der Waals surface area contributed by atoms with Crippen LogP contribution in [0.2, 0.25) is 0 Å². The Labute approximate surface area is 140 Å². The predicted molar refractivity (Wildman–Crippen MR) is 88.6 cm³/mol. The fourth-order valence-electron chi connectivity index (χ4n) is 1.94.